The molecule has 10 heteroatoms. The quantitative estimate of drug-likeness (QED) is 0.767. The summed E-state index contributed by atoms with van der Waals surface area (Å²) in [6.07, 6.45) is 1.54. The van der Waals surface area contributed by atoms with E-state index in [1.54, 1.807) is 0 Å². The average molecular weight is 369 g/mol. The molecule has 1 aliphatic heterocycles. The van der Waals surface area contributed by atoms with Gasteiger partial charge in [0.25, 0.3) is 0 Å². The van der Waals surface area contributed by atoms with Crippen LogP contribution in [-0.4, -0.2) is 42.6 Å². The summed E-state index contributed by atoms with van der Waals surface area (Å²) in [6, 6.07) is 4.71. The highest BCUT2D eigenvalue weighted by Crippen LogP contribution is 2.16. The fraction of sp³-hybridized carbons (Fsp3) is 0.467. The van der Waals surface area contributed by atoms with Crippen molar-refractivity contribution >= 4 is 10.0 Å². The normalized spacial score (nSPS) is 19.2. The number of piperidine rings is 1. The van der Waals surface area contributed by atoms with Crippen molar-refractivity contribution in [1.82, 2.24) is 19.8 Å². The summed E-state index contributed by atoms with van der Waals surface area (Å²) in [5.74, 6) is 0.311. The lowest BCUT2D eigenvalue weighted by molar-refractivity contribution is 0.188. The molecular formula is C15H20FN5O3S. The minimum Gasteiger partial charge on any atom is -0.338 e. The number of benzene rings is 1. The molecular weight excluding hydrogens is 349 g/mol. The maximum atomic E-state index is 13.3. The molecule has 1 aromatic carbocycles. The van der Waals surface area contributed by atoms with Crippen LogP contribution in [0.1, 0.15) is 24.6 Å². The largest absolute Gasteiger partial charge is 0.338 e. The fourth-order valence-electron chi connectivity index (χ4n) is 2.85. The number of hydrogen-bond donors (Lipinski definition) is 2. The van der Waals surface area contributed by atoms with E-state index in [1.165, 1.54) is 18.2 Å². The van der Waals surface area contributed by atoms with Crippen LogP contribution in [-0.2, 0) is 23.1 Å². The zero-order chi connectivity index (χ0) is 17.9. The Morgan fingerprint density at radius 3 is 3.00 bits per heavy atom. The molecule has 1 aliphatic rings. The summed E-state index contributed by atoms with van der Waals surface area (Å²) < 4.78 is 45.7. The Morgan fingerprint density at radius 2 is 2.28 bits per heavy atom. The van der Waals surface area contributed by atoms with Crippen molar-refractivity contribution in [2.75, 3.05) is 13.1 Å². The van der Waals surface area contributed by atoms with E-state index in [0.29, 0.717) is 31.2 Å². The van der Waals surface area contributed by atoms with Crippen LogP contribution in [0.2, 0.25) is 0 Å². The topological polar surface area (TPSA) is 114 Å². The number of sulfonamides is 1. The molecule has 0 saturated carbocycles. The van der Waals surface area contributed by atoms with Gasteiger partial charge < -0.3 is 10.3 Å². The maximum absolute atomic E-state index is 13.3. The molecule has 0 spiro atoms. The Labute approximate surface area is 145 Å². The highest BCUT2D eigenvalue weighted by atomic mass is 32.2. The van der Waals surface area contributed by atoms with Gasteiger partial charge >= 0.3 is 0 Å². The lowest BCUT2D eigenvalue weighted by Crippen LogP contribution is -2.47. The number of likely N-dealkylation sites (tertiary alicyclic amines) is 1. The SMILES string of the molecule is NCc1nc(CN2CCCC(NS(=O)(=O)c3cccc(F)c3)C2)no1. The lowest BCUT2D eigenvalue weighted by Gasteiger charge is -2.32. The van der Waals surface area contributed by atoms with Crippen LogP contribution in [0, 0.1) is 5.82 Å². The zero-order valence-electron chi connectivity index (χ0n) is 13.6. The van der Waals surface area contributed by atoms with Crippen molar-refractivity contribution in [2.45, 2.75) is 36.9 Å². The Balaban J connectivity index is 1.63. The molecule has 3 N–H and O–H groups in total. The zero-order valence-corrected chi connectivity index (χ0v) is 14.4. The highest BCUT2D eigenvalue weighted by molar-refractivity contribution is 7.89. The molecule has 1 unspecified atom stereocenters. The minimum atomic E-state index is -3.76. The molecule has 3 rings (SSSR count). The Morgan fingerprint density at radius 1 is 1.44 bits per heavy atom. The van der Waals surface area contributed by atoms with Crippen molar-refractivity contribution in [3.05, 3.63) is 41.8 Å². The number of hydrogen-bond acceptors (Lipinski definition) is 7. The van der Waals surface area contributed by atoms with Crippen LogP contribution < -0.4 is 10.5 Å². The molecule has 0 amide bonds. The number of aromatic nitrogens is 2. The number of nitrogens with zero attached hydrogens (tertiary/aromatic N) is 3. The summed E-state index contributed by atoms with van der Waals surface area (Å²) in [4.78, 5) is 6.13. The third-order valence-corrected chi connectivity index (χ3v) is 5.50. The molecule has 0 bridgehead atoms. The van der Waals surface area contributed by atoms with Gasteiger partial charge in [0.1, 0.15) is 5.82 Å². The Hall–Kier alpha value is -1.88. The summed E-state index contributed by atoms with van der Waals surface area (Å²) >= 11 is 0. The molecule has 25 heavy (non-hydrogen) atoms. The smallest absolute Gasteiger partial charge is 0.240 e. The monoisotopic (exact) mass is 369 g/mol. The lowest BCUT2D eigenvalue weighted by atomic mass is 10.1. The van der Waals surface area contributed by atoms with Gasteiger partial charge in [-0.25, -0.2) is 17.5 Å². The second-order valence-corrected chi connectivity index (χ2v) is 7.68. The van der Waals surface area contributed by atoms with Gasteiger partial charge in [0, 0.05) is 12.6 Å². The molecule has 0 aliphatic carbocycles. The second kappa shape index (κ2) is 7.56. The summed E-state index contributed by atoms with van der Waals surface area (Å²) in [6.45, 7) is 1.97. The van der Waals surface area contributed by atoms with E-state index in [0.717, 1.165) is 19.0 Å². The molecule has 0 radical (unpaired) electrons. The number of nitrogens with one attached hydrogen (secondary N) is 1. The van der Waals surface area contributed by atoms with Gasteiger partial charge in [-0.15, -0.1) is 0 Å². The van der Waals surface area contributed by atoms with Crippen molar-refractivity contribution in [2.24, 2.45) is 5.73 Å². The first-order valence-electron chi connectivity index (χ1n) is 7.98. The third-order valence-electron chi connectivity index (χ3n) is 3.98. The Kier molecular flexibility index (Phi) is 5.42. The first-order chi connectivity index (χ1) is 12.0. The van der Waals surface area contributed by atoms with Crippen LogP contribution >= 0.6 is 0 Å². The van der Waals surface area contributed by atoms with E-state index >= 15 is 0 Å². The molecule has 8 nitrogen and oxygen atoms in total. The number of halogens is 1. The van der Waals surface area contributed by atoms with Crippen LogP contribution in [0.25, 0.3) is 0 Å². The molecule has 136 valence electrons. The van der Waals surface area contributed by atoms with Crippen molar-refractivity contribution < 1.29 is 17.3 Å². The van der Waals surface area contributed by atoms with E-state index in [2.05, 4.69) is 14.9 Å². The Bertz CT molecular complexity index is 826. The van der Waals surface area contributed by atoms with E-state index in [-0.39, 0.29) is 17.5 Å². The van der Waals surface area contributed by atoms with Crippen molar-refractivity contribution in [3.8, 4) is 0 Å². The van der Waals surface area contributed by atoms with Crippen LogP contribution in [0.4, 0.5) is 4.39 Å². The molecule has 1 saturated heterocycles. The summed E-state index contributed by atoms with van der Waals surface area (Å²) in [5.41, 5.74) is 5.44. The van der Waals surface area contributed by atoms with E-state index in [4.69, 9.17) is 10.3 Å². The molecule has 2 aromatic rings. The second-order valence-electron chi connectivity index (χ2n) is 5.96. The minimum absolute atomic E-state index is 0.0737. The number of nitrogens with two attached hydrogens (primary N) is 1. The van der Waals surface area contributed by atoms with Gasteiger partial charge in [-0.2, -0.15) is 4.98 Å². The average Bonchev–Trinajstić information content (AvgIpc) is 3.02. The van der Waals surface area contributed by atoms with Crippen molar-refractivity contribution in [3.63, 3.8) is 0 Å². The van der Waals surface area contributed by atoms with Crippen LogP contribution in [0.15, 0.2) is 33.7 Å². The number of rotatable bonds is 6. The predicted octanol–water partition coefficient (Wildman–Crippen LogP) is 0.610. The highest BCUT2D eigenvalue weighted by Gasteiger charge is 2.26. The molecule has 1 fully saturated rings. The van der Waals surface area contributed by atoms with Crippen LogP contribution in [0.5, 0.6) is 0 Å². The van der Waals surface area contributed by atoms with Crippen LogP contribution in [0.3, 0.4) is 0 Å². The summed E-state index contributed by atoms with van der Waals surface area (Å²) in [7, 11) is -3.76. The first kappa shape index (κ1) is 17.9. The van der Waals surface area contributed by atoms with Gasteiger partial charge in [0.2, 0.25) is 15.9 Å². The first-order valence-corrected chi connectivity index (χ1v) is 9.46. The molecule has 1 aromatic heterocycles. The van der Waals surface area contributed by atoms with E-state index in [1.807, 2.05) is 4.90 Å². The van der Waals surface area contributed by atoms with Gasteiger partial charge in [-0.3, -0.25) is 4.90 Å². The third kappa shape index (κ3) is 4.60. The van der Waals surface area contributed by atoms with Gasteiger partial charge in [-0.1, -0.05) is 11.2 Å². The van der Waals surface area contributed by atoms with Crippen molar-refractivity contribution in [1.29, 1.82) is 0 Å². The van der Waals surface area contributed by atoms with Gasteiger partial charge in [0.05, 0.1) is 18.0 Å². The maximum Gasteiger partial charge on any atom is 0.240 e. The summed E-state index contributed by atoms with van der Waals surface area (Å²) in [5, 5.41) is 3.85. The predicted molar refractivity (Wildman–Crippen MR) is 87.2 cm³/mol. The fourth-order valence-corrected chi connectivity index (χ4v) is 4.15. The van der Waals surface area contributed by atoms with E-state index in [9.17, 15) is 12.8 Å². The standard InChI is InChI=1S/C15H20FN5O3S/c16-11-3-1-5-13(7-11)25(22,23)20-12-4-2-6-21(9-12)10-14-18-15(8-17)24-19-14/h1,3,5,7,12,20H,2,4,6,8-10,17H2. The van der Waals surface area contributed by atoms with E-state index < -0.39 is 15.8 Å². The molecule has 2 heterocycles. The molecule has 1 atom stereocenters. The van der Waals surface area contributed by atoms with Gasteiger partial charge in [-0.05, 0) is 37.6 Å². The van der Waals surface area contributed by atoms with Gasteiger partial charge in [0.15, 0.2) is 5.82 Å².